The van der Waals surface area contributed by atoms with Crippen molar-refractivity contribution in [2.75, 3.05) is 7.05 Å². The Hall–Kier alpha value is -1.94. The van der Waals surface area contributed by atoms with Crippen LogP contribution in [0.25, 0.3) is 0 Å². The normalized spacial score (nSPS) is 10.4. The summed E-state index contributed by atoms with van der Waals surface area (Å²) < 4.78 is 31.4. The fourth-order valence-corrected chi connectivity index (χ4v) is 1.61. The molecule has 0 aliphatic carbocycles. The van der Waals surface area contributed by atoms with Gasteiger partial charge in [-0.25, -0.2) is 8.78 Å². The first-order valence-corrected chi connectivity index (χ1v) is 5.56. The molecular formula is C14H13F2NO. The van der Waals surface area contributed by atoms with Crippen molar-refractivity contribution in [2.24, 2.45) is 0 Å². The minimum absolute atomic E-state index is 0.275. The number of halogens is 2. The molecule has 0 heterocycles. The van der Waals surface area contributed by atoms with Gasteiger partial charge < -0.3 is 10.1 Å². The molecule has 18 heavy (non-hydrogen) atoms. The van der Waals surface area contributed by atoms with Gasteiger partial charge in [-0.1, -0.05) is 18.2 Å². The predicted octanol–water partition coefficient (Wildman–Crippen LogP) is 3.48. The predicted molar refractivity (Wildman–Crippen MR) is 65.6 cm³/mol. The molecule has 0 amide bonds. The molecule has 2 aromatic carbocycles. The van der Waals surface area contributed by atoms with Gasteiger partial charge in [0.1, 0.15) is 11.5 Å². The average molecular weight is 249 g/mol. The van der Waals surface area contributed by atoms with Gasteiger partial charge in [-0.05, 0) is 25.2 Å². The van der Waals surface area contributed by atoms with Crippen LogP contribution < -0.4 is 10.1 Å². The number of ether oxygens (including phenoxy) is 1. The van der Waals surface area contributed by atoms with Gasteiger partial charge in [0, 0.05) is 18.2 Å². The molecule has 2 rings (SSSR count). The second-order valence-corrected chi connectivity index (χ2v) is 3.82. The van der Waals surface area contributed by atoms with Crippen molar-refractivity contribution in [3.05, 3.63) is 59.7 Å². The van der Waals surface area contributed by atoms with Crippen molar-refractivity contribution < 1.29 is 13.5 Å². The van der Waals surface area contributed by atoms with E-state index in [1.165, 1.54) is 6.07 Å². The highest BCUT2D eigenvalue weighted by atomic mass is 19.2. The van der Waals surface area contributed by atoms with E-state index in [0.717, 1.165) is 17.7 Å². The Labute approximate surface area is 104 Å². The Bertz CT molecular complexity index is 543. The monoisotopic (exact) mass is 249 g/mol. The zero-order valence-corrected chi connectivity index (χ0v) is 9.91. The lowest BCUT2D eigenvalue weighted by Gasteiger charge is -2.10. The number of nitrogens with one attached hydrogen (secondary N) is 1. The molecule has 94 valence electrons. The van der Waals surface area contributed by atoms with Gasteiger partial charge in [0.25, 0.3) is 0 Å². The molecule has 0 aliphatic heterocycles. The van der Waals surface area contributed by atoms with Crippen LogP contribution >= 0.6 is 0 Å². The van der Waals surface area contributed by atoms with E-state index in [1.807, 2.05) is 25.2 Å². The molecule has 2 aromatic rings. The van der Waals surface area contributed by atoms with Gasteiger partial charge in [-0.15, -0.1) is 0 Å². The van der Waals surface area contributed by atoms with E-state index in [4.69, 9.17) is 4.74 Å². The minimum Gasteiger partial charge on any atom is -0.457 e. The van der Waals surface area contributed by atoms with Gasteiger partial charge >= 0.3 is 0 Å². The standard InChI is InChI=1S/C14H13F2NO/c1-17-9-10-4-2-3-5-14(10)18-11-6-7-12(15)13(16)8-11/h2-8,17H,9H2,1H3. The maximum Gasteiger partial charge on any atom is 0.162 e. The zero-order valence-electron chi connectivity index (χ0n) is 9.91. The first-order valence-electron chi connectivity index (χ1n) is 5.56. The molecule has 0 aliphatic rings. The second kappa shape index (κ2) is 5.60. The molecule has 1 N–H and O–H groups in total. The van der Waals surface area contributed by atoms with Crippen molar-refractivity contribution in [3.63, 3.8) is 0 Å². The average Bonchev–Trinajstić information content (AvgIpc) is 2.37. The number of rotatable bonds is 4. The quantitative estimate of drug-likeness (QED) is 0.895. The summed E-state index contributed by atoms with van der Waals surface area (Å²) in [6.45, 7) is 0.639. The SMILES string of the molecule is CNCc1ccccc1Oc1ccc(F)c(F)c1. The summed E-state index contributed by atoms with van der Waals surface area (Å²) in [7, 11) is 1.83. The smallest absolute Gasteiger partial charge is 0.162 e. The molecule has 0 fully saturated rings. The van der Waals surface area contributed by atoms with Crippen LogP contribution in [0.3, 0.4) is 0 Å². The van der Waals surface area contributed by atoms with Crippen LogP contribution in [0.4, 0.5) is 8.78 Å². The summed E-state index contributed by atoms with van der Waals surface area (Å²) in [5.41, 5.74) is 0.949. The van der Waals surface area contributed by atoms with Crippen molar-refractivity contribution in [3.8, 4) is 11.5 Å². The topological polar surface area (TPSA) is 21.3 Å². The Morgan fingerprint density at radius 1 is 1.06 bits per heavy atom. The summed E-state index contributed by atoms with van der Waals surface area (Å²) in [5.74, 6) is -0.903. The summed E-state index contributed by atoms with van der Waals surface area (Å²) in [4.78, 5) is 0. The summed E-state index contributed by atoms with van der Waals surface area (Å²) in [5, 5.41) is 3.02. The Morgan fingerprint density at radius 3 is 2.56 bits per heavy atom. The molecule has 0 aromatic heterocycles. The van der Waals surface area contributed by atoms with E-state index in [1.54, 1.807) is 6.07 Å². The minimum atomic E-state index is -0.918. The number of hydrogen-bond donors (Lipinski definition) is 1. The second-order valence-electron chi connectivity index (χ2n) is 3.82. The fourth-order valence-electron chi connectivity index (χ4n) is 1.61. The summed E-state index contributed by atoms with van der Waals surface area (Å²) in [6, 6.07) is 10.9. The van der Waals surface area contributed by atoms with E-state index in [-0.39, 0.29) is 5.75 Å². The highest BCUT2D eigenvalue weighted by Gasteiger charge is 2.06. The van der Waals surface area contributed by atoms with E-state index < -0.39 is 11.6 Å². The lowest BCUT2D eigenvalue weighted by molar-refractivity contribution is 0.456. The number of hydrogen-bond acceptors (Lipinski definition) is 2. The van der Waals surface area contributed by atoms with Crippen molar-refractivity contribution in [2.45, 2.75) is 6.54 Å². The van der Waals surface area contributed by atoms with Crippen LogP contribution in [0.5, 0.6) is 11.5 Å². The molecule has 0 saturated carbocycles. The third-order valence-corrected chi connectivity index (χ3v) is 2.46. The van der Waals surface area contributed by atoms with Crippen LogP contribution in [-0.2, 0) is 6.54 Å². The van der Waals surface area contributed by atoms with Crippen LogP contribution in [0.1, 0.15) is 5.56 Å². The third-order valence-electron chi connectivity index (χ3n) is 2.46. The van der Waals surface area contributed by atoms with E-state index in [9.17, 15) is 8.78 Å². The fraction of sp³-hybridized carbons (Fsp3) is 0.143. The molecule has 2 nitrogen and oxygen atoms in total. The van der Waals surface area contributed by atoms with Crippen LogP contribution in [0.2, 0.25) is 0 Å². The number of benzene rings is 2. The van der Waals surface area contributed by atoms with Crippen LogP contribution in [0, 0.1) is 11.6 Å². The largest absolute Gasteiger partial charge is 0.457 e. The van der Waals surface area contributed by atoms with Crippen LogP contribution in [0.15, 0.2) is 42.5 Å². The Kier molecular flexibility index (Phi) is 3.89. The molecule has 0 atom stereocenters. The van der Waals surface area contributed by atoms with E-state index in [0.29, 0.717) is 12.3 Å². The lowest BCUT2D eigenvalue weighted by atomic mass is 10.2. The van der Waals surface area contributed by atoms with Crippen molar-refractivity contribution in [1.82, 2.24) is 5.32 Å². The highest BCUT2D eigenvalue weighted by molar-refractivity contribution is 5.37. The van der Waals surface area contributed by atoms with Crippen molar-refractivity contribution >= 4 is 0 Å². The molecule has 0 saturated heterocycles. The molecule has 0 spiro atoms. The van der Waals surface area contributed by atoms with Gasteiger partial charge in [0.2, 0.25) is 0 Å². The number of para-hydroxylation sites is 1. The zero-order chi connectivity index (χ0) is 13.0. The van der Waals surface area contributed by atoms with Crippen LogP contribution in [-0.4, -0.2) is 7.05 Å². The molecule has 4 heteroatoms. The van der Waals surface area contributed by atoms with Gasteiger partial charge in [-0.2, -0.15) is 0 Å². The third kappa shape index (κ3) is 2.84. The molecule has 0 unspecified atom stereocenters. The van der Waals surface area contributed by atoms with Gasteiger partial charge in [-0.3, -0.25) is 0 Å². The van der Waals surface area contributed by atoms with Gasteiger partial charge in [0.15, 0.2) is 11.6 Å². The first-order chi connectivity index (χ1) is 8.70. The highest BCUT2D eigenvalue weighted by Crippen LogP contribution is 2.26. The summed E-state index contributed by atoms with van der Waals surface area (Å²) in [6.07, 6.45) is 0. The van der Waals surface area contributed by atoms with E-state index in [2.05, 4.69) is 5.32 Å². The Morgan fingerprint density at radius 2 is 1.83 bits per heavy atom. The summed E-state index contributed by atoms with van der Waals surface area (Å²) >= 11 is 0. The Balaban J connectivity index is 2.25. The lowest BCUT2D eigenvalue weighted by Crippen LogP contribution is -2.06. The first kappa shape index (κ1) is 12.5. The molecule has 0 radical (unpaired) electrons. The van der Waals surface area contributed by atoms with Gasteiger partial charge in [0.05, 0.1) is 0 Å². The van der Waals surface area contributed by atoms with E-state index >= 15 is 0 Å². The molecular weight excluding hydrogens is 236 g/mol. The molecule has 0 bridgehead atoms. The maximum absolute atomic E-state index is 13.1. The van der Waals surface area contributed by atoms with Crippen molar-refractivity contribution in [1.29, 1.82) is 0 Å². The maximum atomic E-state index is 13.1.